The molecule has 1 N–H and O–H groups in total. The lowest BCUT2D eigenvalue weighted by atomic mass is 9.95. The minimum Gasteiger partial charge on any atom is -0.390 e. The lowest BCUT2D eigenvalue weighted by Crippen LogP contribution is -2.47. The molecule has 0 saturated carbocycles. The maximum atomic E-state index is 12.0. The molecule has 5 nitrogen and oxygen atoms in total. The van der Waals surface area contributed by atoms with Crippen LogP contribution in [0.1, 0.15) is 33.1 Å². The fourth-order valence-corrected chi connectivity index (χ4v) is 3.38. The molecule has 1 aliphatic heterocycles. The first kappa shape index (κ1) is 13.4. The van der Waals surface area contributed by atoms with Gasteiger partial charge in [0.2, 0.25) is 10.0 Å². The average molecular weight is 246 g/mol. The van der Waals surface area contributed by atoms with E-state index in [9.17, 15) is 13.5 Å². The van der Waals surface area contributed by atoms with Crippen LogP contribution in [0.3, 0.4) is 0 Å². The van der Waals surface area contributed by atoms with Crippen LogP contribution in [0, 0.1) is 11.3 Å². The highest BCUT2D eigenvalue weighted by molar-refractivity contribution is 7.90. The standard InChI is InChI=1S/C10H18N2O3S/c1-3-9(8-11)16(14,15)12-6-4-10(2,13)5-7-12/h9,13H,3-7H2,1-2H3. The lowest BCUT2D eigenvalue weighted by molar-refractivity contribution is 0.0125. The number of sulfonamides is 1. The minimum absolute atomic E-state index is 0.297. The molecule has 0 aromatic carbocycles. The molecule has 0 bridgehead atoms. The van der Waals surface area contributed by atoms with Crippen LogP contribution in [-0.2, 0) is 10.0 Å². The number of nitriles is 1. The van der Waals surface area contributed by atoms with Crippen molar-refractivity contribution in [3.05, 3.63) is 0 Å². The molecule has 0 aliphatic carbocycles. The molecule has 0 aromatic rings. The van der Waals surface area contributed by atoms with Crippen molar-refractivity contribution in [2.75, 3.05) is 13.1 Å². The number of piperidine rings is 1. The van der Waals surface area contributed by atoms with E-state index in [1.54, 1.807) is 13.8 Å². The second kappa shape index (κ2) is 4.70. The van der Waals surface area contributed by atoms with Gasteiger partial charge in [-0.1, -0.05) is 6.92 Å². The van der Waals surface area contributed by atoms with Gasteiger partial charge in [-0.2, -0.15) is 5.26 Å². The summed E-state index contributed by atoms with van der Waals surface area (Å²) >= 11 is 0. The van der Waals surface area contributed by atoms with Gasteiger partial charge in [0.05, 0.1) is 11.7 Å². The minimum atomic E-state index is -3.51. The van der Waals surface area contributed by atoms with E-state index in [2.05, 4.69) is 0 Å². The van der Waals surface area contributed by atoms with Crippen LogP contribution in [0.2, 0.25) is 0 Å². The van der Waals surface area contributed by atoms with Crippen LogP contribution in [-0.4, -0.2) is 41.8 Å². The predicted octanol–water partition coefficient (Wildman–Crippen LogP) is 0.465. The van der Waals surface area contributed by atoms with E-state index in [1.807, 2.05) is 6.07 Å². The second-order valence-corrected chi connectivity index (χ2v) is 6.58. The molecule has 0 radical (unpaired) electrons. The van der Waals surface area contributed by atoms with Crippen molar-refractivity contribution < 1.29 is 13.5 Å². The van der Waals surface area contributed by atoms with E-state index in [0.29, 0.717) is 32.4 Å². The van der Waals surface area contributed by atoms with Crippen molar-refractivity contribution in [1.82, 2.24) is 4.31 Å². The van der Waals surface area contributed by atoms with Gasteiger partial charge in [-0.05, 0) is 26.2 Å². The Balaban J connectivity index is 2.77. The summed E-state index contributed by atoms with van der Waals surface area (Å²) in [6.45, 7) is 3.99. The Hall–Kier alpha value is -0.640. The number of hydrogen-bond acceptors (Lipinski definition) is 4. The molecule has 1 unspecified atom stereocenters. The second-order valence-electron chi connectivity index (χ2n) is 4.47. The van der Waals surface area contributed by atoms with Crippen molar-refractivity contribution >= 4 is 10.0 Å². The molecule has 1 fully saturated rings. The molecule has 1 rings (SSSR count). The maximum Gasteiger partial charge on any atom is 0.230 e. The van der Waals surface area contributed by atoms with E-state index < -0.39 is 20.9 Å². The third-order valence-electron chi connectivity index (χ3n) is 3.03. The van der Waals surface area contributed by atoms with Crippen LogP contribution in [0.15, 0.2) is 0 Å². The summed E-state index contributed by atoms with van der Waals surface area (Å²) in [5.41, 5.74) is -0.777. The van der Waals surface area contributed by atoms with E-state index in [-0.39, 0.29) is 0 Å². The van der Waals surface area contributed by atoms with Crippen molar-refractivity contribution in [3.63, 3.8) is 0 Å². The first-order valence-electron chi connectivity index (χ1n) is 5.44. The first-order chi connectivity index (χ1) is 7.33. The van der Waals surface area contributed by atoms with Gasteiger partial charge in [0, 0.05) is 13.1 Å². The van der Waals surface area contributed by atoms with Gasteiger partial charge >= 0.3 is 0 Å². The van der Waals surface area contributed by atoms with Crippen LogP contribution in [0.5, 0.6) is 0 Å². The van der Waals surface area contributed by atoms with E-state index in [0.717, 1.165) is 0 Å². The molecule has 1 saturated heterocycles. The summed E-state index contributed by atoms with van der Waals surface area (Å²) in [4.78, 5) is 0. The third-order valence-corrected chi connectivity index (χ3v) is 5.28. The summed E-state index contributed by atoms with van der Waals surface area (Å²) in [6.07, 6.45) is 1.15. The van der Waals surface area contributed by atoms with Crippen molar-refractivity contribution in [1.29, 1.82) is 5.26 Å². The van der Waals surface area contributed by atoms with Crippen molar-refractivity contribution in [2.45, 2.75) is 44.0 Å². The Kier molecular flexibility index (Phi) is 3.94. The Morgan fingerprint density at radius 1 is 1.50 bits per heavy atom. The van der Waals surface area contributed by atoms with Crippen LogP contribution < -0.4 is 0 Å². The van der Waals surface area contributed by atoms with E-state index in [1.165, 1.54) is 4.31 Å². The van der Waals surface area contributed by atoms with Gasteiger partial charge < -0.3 is 5.11 Å². The Bertz CT molecular complexity index is 373. The van der Waals surface area contributed by atoms with Gasteiger partial charge in [-0.25, -0.2) is 12.7 Å². The molecule has 1 heterocycles. The van der Waals surface area contributed by atoms with Crippen LogP contribution >= 0.6 is 0 Å². The summed E-state index contributed by atoms with van der Waals surface area (Å²) < 4.78 is 25.3. The summed E-state index contributed by atoms with van der Waals surface area (Å²) in [6, 6.07) is 1.82. The molecular weight excluding hydrogens is 228 g/mol. The summed E-state index contributed by atoms with van der Waals surface area (Å²) in [5.74, 6) is 0. The molecule has 0 spiro atoms. The van der Waals surface area contributed by atoms with Gasteiger partial charge in [0.15, 0.2) is 5.25 Å². The molecule has 6 heteroatoms. The predicted molar refractivity (Wildman–Crippen MR) is 60.0 cm³/mol. The number of rotatable bonds is 3. The Labute approximate surface area is 96.7 Å². The molecule has 0 amide bonds. The molecule has 1 aliphatic rings. The van der Waals surface area contributed by atoms with E-state index in [4.69, 9.17) is 5.26 Å². The normalized spacial score (nSPS) is 23.6. The highest BCUT2D eigenvalue weighted by atomic mass is 32.2. The van der Waals surface area contributed by atoms with E-state index >= 15 is 0 Å². The lowest BCUT2D eigenvalue weighted by Gasteiger charge is -2.35. The smallest absolute Gasteiger partial charge is 0.230 e. The molecule has 92 valence electrons. The maximum absolute atomic E-state index is 12.0. The third kappa shape index (κ3) is 2.73. The van der Waals surface area contributed by atoms with Gasteiger partial charge in [-0.3, -0.25) is 0 Å². The van der Waals surface area contributed by atoms with Gasteiger partial charge in [0.1, 0.15) is 0 Å². The molecular formula is C10H18N2O3S. The zero-order valence-corrected chi connectivity index (χ0v) is 10.5. The molecule has 0 aromatic heterocycles. The number of nitrogens with zero attached hydrogens (tertiary/aromatic N) is 2. The molecule has 16 heavy (non-hydrogen) atoms. The average Bonchev–Trinajstić information content (AvgIpc) is 2.18. The highest BCUT2D eigenvalue weighted by Crippen LogP contribution is 2.24. The Morgan fingerprint density at radius 3 is 2.38 bits per heavy atom. The molecule has 1 atom stereocenters. The number of hydrogen-bond donors (Lipinski definition) is 1. The topological polar surface area (TPSA) is 81.4 Å². The van der Waals surface area contributed by atoms with Crippen molar-refractivity contribution in [3.8, 4) is 6.07 Å². The van der Waals surface area contributed by atoms with Gasteiger partial charge in [-0.15, -0.1) is 0 Å². The fourth-order valence-electron chi connectivity index (χ4n) is 1.77. The zero-order valence-electron chi connectivity index (χ0n) is 9.68. The highest BCUT2D eigenvalue weighted by Gasteiger charge is 2.36. The summed E-state index contributed by atoms with van der Waals surface area (Å²) in [5, 5.41) is 17.6. The monoisotopic (exact) mass is 246 g/mol. The van der Waals surface area contributed by atoms with Gasteiger partial charge in [0.25, 0.3) is 0 Å². The van der Waals surface area contributed by atoms with Crippen LogP contribution in [0.4, 0.5) is 0 Å². The fraction of sp³-hybridized carbons (Fsp3) is 0.900. The zero-order chi connectivity index (χ0) is 12.4. The summed E-state index contributed by atoms with van der Waals surface area (Å²) in [7, 11) is -3.51. The Morgan fingerprint density at radius 2 is 2.00 bits per heavy atom. The van der Waals surface area contributed by atoms with Crippen LogP contribution in [0.25, 0.3) is 0 Å². The van der Waals surface area contributed by atoms with Crippen molar-refractivity contribution in [2.24, 2.45) is 0 Å². The quantitative estimate of drug-likeness (QED) is 0.784. The SMILES string of the molecule is CCC(C#N)S(=O)(=O)N1CCC(C)(O)CC1. The number of aliphatic hydroxyl groups is 1. The first-order valence-corrected chi connectivity index (χ1v) is 6.95. The largest absolute Gasteiger partial charge is 0.390 e.